The van der Waals surface area contributed by atoms with Gasteiger partial charge in [-0.25, -0.2) is 9.37 Å². The Morgan fingerprint density at radius 1 is 1.12 bits per heavy atom. The van der Waals surface area contributed by atoms with Gasteiger partial charge in [0.15, 0.2) is 0 Å². The van der Waals surface area contributed by atoms with Crippen LogP contribution < -0.4 is 10.1 Å². The van der Waals surface area contributed by atoms with Crippen molar-refractivity contribution in [3.63, 3.8) is 0 Å². The van der Waals surface area contributed by atoms with Gasteiger partial charge in [-0.2, -0.15) is 13.2 Å². The van der Waals surface area contributed by atoms with Gasteiger partial charge >= 0.3 is 6.18 Å². The minimum absolute atomic E-state index is 0.0556. The van der Waals surface area contributed by atoms with Crippen molar-refractivity contribution in [2.75, 3.05) is 19.6 Å². The molecule has 1 aliphatic heterocycles. The number of para-hydroxylation sites is 1. The summed E-state index contributed by atoms with van der Waals surface area (Å²) >= 11 is 0. The lowest BCUT2D eigenvalue weighted by Gasteiger charge is -2.39. The molecule has 3 aromatic rings. The van der Waals surface area contributed by atoms with Crippen molar-refractivity contribution in [2.45, 2.75) is 12.3 Å². The fourth-order valence-corrected chi connectivity index (χ4v) is 3.25. The third-order valence-corrected chi connectivity index (χ3v) is 5.02. The lowest BCUT2D eigenvalue weighted by Crippen LogP contribution is -2.58. The summed E-state index contributed by atoms with van der Waals surface area (Å²) in [5.74, 6) is -2.35. The van der Waals surface area contributed by atoms with E-state index in [0.717, 1.165) is 11.8 Å². The predicted octanol–water partition coefficient (Wildman–Crippen LogP) is 3.05. The molecule has 1 aliphatic rings. The number of amides is 2. The predicted molar refractivity (Wildman–Crippen MR) is 108 cm³/mol. The molecule has 172 valence electrons. The van der Waals surface area contributed by atoms with E-state index in [1.165, 1.54) is 11.2 Å². The van der Waals surface area contributed by atoms with E-state index in [2.05, 4.69) is 10.3 Å². The van der Waals surface area contributed by atoms with Crippen LogP contribution in [-0.4, -0.2) is 52.0 Å². The molecule has 11 heteroatoms. The maximum atomic E-state index is 13.6. The molecule has 7 nitrogen and oxygen atoms in total. The van der Waals surface area contributed by atoms with Crippen molar-refractivity contribution < 1.29 is 31.9 Å². The van der Waals surface area contributed by atoms with Crippen molar-refractivity contribution in [3.05, 3.63) is 78.1 Å². The summed E-state index contributed by atoms with van der Waals surface area (Å²) in [6.45, 7) is 0.0820. The highest BCUT2D eigenvalue weighted by Crippen LogP contribution is 2.33. The second-order valence-electron chi connectivity index (χ2n) is 7.36. The first-order valence-electron chi connectivity index (χ1n) is 9.89. The van der Waals surface area contributed by atoms with Crippen LogP contribution in [0.15, 0.2) is 61.1 Å². The van der Waals surface area contributed by atoms with Crippen molar-refractivity contribution in [1.29, 1.82) is 0 Å². The SMILES string of the molecule is O=C(NCC(=O)N1CC(Oc2ccc(C(F)(F)F)c(F)c2)C1)c1cn(-c2ccccc2)cn1. The molecule has 1 aromatic heterocycles. The van der Waals surface area contributed by atoms with Gasteiger partial charge in [-0.1, -0.05) is 18.2 Å². The topological polar surface area (TPSA) is 76.5 Å². The zero-order chi connectivity index (χ0) is 23.6. The molecule has 33 heavy (non-hydrogen) atoms. The molecule has 2 heterocycles. The van der Waals surface area contributed by atoms with Gasteiger partial charge in [0.25, 0.3) is 5.91 Å². The van der Waals surface area contributed by atoms with Gasteiger partial charge in [-0.15, -0.1) is 0 Å². The lowest BCUT2D eigenvalue weighted by molar-refractivity contribution is -0.140. The molecule has 4 rings (SSSR count). The van der Waals surface area contributed by atoms with Crippen molar-refractivity contribution in [2.24, 2.45) is 0 Å². The van der Waals surface area contributed by atoms with Gasteiger partial charge in [0.05, 0.1) is 25.2 Å². The number of hydrogen-bond acceptors (Lipinski definition) is 4. The summed E-state index contributed by atoms with van der Waals surface area (Å²) in [5, 5.41) is 2.50. The normalized spacial score (nSPS) is 14.0. The summed E-state index contributed by atoms with van der Waals surface area (Å²) < 4.78 is 58.6. The average Bonchev–Trinajstić information content (AvgIpc) is 3.24. The summed E-state index contributed by atoms with van der Waals surface area (Å²) in [5.41, 5.74) is -0.384. The van der Waals surface area contributed by atoms with E-state index in [0.29, 0.717) is 12.1 Å². The molecule has 0 unspecified atom stereocenters. The third-order valence-electron chi connectivity index (χ3n) is 5.02. The minimum Gasteiger partial charge on any atom is -0.487 e. The Morgan fingerprint density at radius 2 is 1.85 bits per heavy atom. The number of rotatable bonds is 6. The van der Waals surface area contributed by atoms with E-state index in [1.807, 2.05) is 30.3 Å². The van der Waals surface area contributed by atoms with E-state index >= 15 is 0 Å². The number of carbonyl (C=O) groups excluding carboxylic acids is 2. The fraction of sp³-hybridized carbons (Fsp3) is 0.227. The van der Waals surface area contributed by atoms with Crippen LogP contribution in [0.25, 0.3) is 5.69 Å². The van der Waals surface area contributed by atoms with Gasteiger partial charge in [0.2, 0.25) is 5.91 Å². The van der Waals surface area contributed by atoms with Crippen LogP contribution in [-0.2, 0) is 11.0 Å². The number of benzene rings is 2. The number of ether oxygens (including phenoxy) is 1. The molecule has 1 N–H and O–H groups in total. The first-order valence-corrected chi connectivity index (χ1v) is 9.89. The molecule has 0 saturated carbocycles. The number of nitrogens with one attached hydrogen (secondary N) is 1. The van der Waals surface area contributed by atoms with Crippen molar-refractivity contribution in [3.8, 4) is 11.4 Å². The van der Waals surface area contributed by atoms with Crippen LogP contribution in [0.2, 0.25) is 0 Å². The first kappa shape index (κ1) is 22.3. The van der Waals surface area contributed by atoms with E-state index in [-0.39, 0.29) is 37.0 Å². The third kappa shape index (κ3) is 5.13. The standard InChI is InChI=1S/C22H18F4N4O3/c23-18-8-15(6-7-17(18)22(24,25)26)33-16-10-29(11-16)20(31)9-27-21(32)19-12-30(13-28-19)14-4-2-1-3-5-14/h1-8,12-13,16H,9-11H2,(H,27,32). The number of nitrogens with zero attached hydrogens (tertiary/aromatic N) is 3. The summed E-state index contributed by atoms with van der Waals surface area (Å²) in [6.07, 6.45) is -2.23. The molecule has 2 aromatic carbocycles. The molecule has 0 radical (unpaired) electrons. The van der Waals surface area contributed by atoms with E-state index in [1.54, 1.807) is 10.8 Å². The number of hydrogen-bond donors (Lipinski definition) is 1. The number of likely N-dealkylation sites (tertiary alicyclic amines) is 1. The number of halogens is 4. The van der Waals surface area contributed by atoms with Crippen LogP contribution >= 0.6 is 0 Å². The maximum Gasteiger partial charge on any atom is 0.419 e. The summed E-state index contributed by atoms with van der Waals surface area (Å²) in [6, 6.07) is 11.6. The van der Waals surface area contributed by atoms with Gasteiger partial charge in [-0.05, 0) is 24.3 Å². The smallest absolute Gasteiger partial charge is 0.419 e. The zero-order valence-corrected chi connectivity index (χ0v) is 17.1. The van der Waals surface area contributed by atoms with Crippen LogP contribution in [0.4, 0.5) is 17.6 Å². The fourth-order valence-electron chi connectivity index (χ4n) is 3.25. The quantitative estimate of drug-likeness (QED) is 0.572. The number of imidazole rings is 1. The molecule has 2 amide bonds. The van der Waals surface area contributed by atoms with Gasteiger partial charge < -0.3 is 19.5 Å². The number of carbonyl (C=O) groups is 2. The number of alkyl halides is 3. The highest BCUT2D eigenvalue weighted by Gasteiger charge is 2.35. The summed E-state index contributed by atoms with van der Waals surface area (Å²) in [7, 11) is 0. The Kier molecular flexibility index (Phi) is 6.03. The van der Waals surface area contributed by atoms with Crippen LogP contribution in [0.5, 0.6) is 5.75 Å². The molecular weight excluding hydrogens is 444 g/mol. The van der Waals surface area contributed by atoms with Crippen molar-refractivity contribution >= 4 is 11.8 Å². The minimum atomic E-state index is -4.79. The van der Waals surface area contributed by atoms with Crippen LogP contribution in [0, 0.1) is 5.82 Å². The highest BCUT2D eigenvalue weighted by atomic mass is 19.4. The van der Waals surface area contributed by atoms with Gasteiger partial charge in [0.1, 0.15) is 29.7 Å². The Balaban J connectivity index is 1.23. The zero-order valence-electron chi connectivity index (χ0n) is 17.1. The second kappa shape index (κ2) is 8.93. The number of aromatic nitrogens is 2. The first-order chi connectivity index (χ1) is 15.7. The van der Waals surface area contributed by atoms with Crippen LogP contribution in [0.3, 0.4) is 0 Å². The van der Waals surface area contributed by atoms with Crippen molar-refractivity contribution in [1.82, 2.24) is 19.8 Å². The lowest BCUT2D eigenvalue weighted by atomic mass is 10.1. The Labute approximate surface area is 185 Å². The second-order valence-corrected chi connectivity index (χ2v) is 7.36. The molecule has 0 bridgehead atoms. The molecular formula is C22H18F4N4O3. The van der Waals surface area contributed by atoms with E-state index in [9.17, 15) is 27.2 Å². The van der Waals surface area contributed by atoms with Gasteiger partial charge in [0, 0.05) is 18.0 Å². The largest absolute Gasteiger partial charge is 0.487 e. The maximum absolute atomic E-state index is 13.6. The summed E-state index contributed by atoms with van der Waals surface area (Å²) in [4.78, 5) is 30.0. The highest BCUT2D eigenvalue weighted by molar-refractivity contribution is 5.94. The molecule has 0 aliphatic carbocycles. The monoisotopic (exact) mass is 462 g/mol. The van der Waals surface area contributed by atoms with E-state index < -0.39 is 29.6 Å². The molecule has 0 spiro atoms. The molecule has 1 fully saturated rings. The molecule has 0 atom stereocenters. The van der Waals surface area contributed by atoms with Crippen LogP contribution in [0.1, 0.15) is 16.1 Å². The van der Waals surface area contributed by atoms with E-state index in [4.69, 9.17) is 4.74 Å². The Bertz CT molecular complexity index is 1160. The van der Waals surface area contributed by atoms with Gasteiger partial charge in [-0.3, -0.25) is 9.59 Å². The molecule has 1 saturated heterocycles. The average molecular weight is 462 g/mol. The Morgan fingerprint density at radius 3 is 2.52 bits per heavy atom. The Hall–Kier alpha value is -3.89.